The predicted octanol–water partition coefficient (Wildman–Crippen LogP) is 4.38. The molecule has 4 rings (SSSR count). The van der Waals surface area contributed by atoms with Crippen molar-refractivity contribution in [2.75, 3.05) is 11.9 Å². The van der Waals surface area contributed by atoms with Gasteiger partial charge >= 0.3 is 5.69 Å². The summed E-state index contributed by atoms with van der Waals surface area (Å²) in [5.74, 6) is -0.385. The zero-order valence-electron chi connectivity index (χ0n) is 13.9. The van der Waals surface area contributed by atoms with Crippen LogP contribution in [0.15, 0.2) is 60.7 Å². The summed E-state index contributed by atoms with van der Waals surface area (Å²) < 4.78 is 6.26. The minimum absolute atomic E-state index is 0.0490. The lowest BCUT2D eigenvalue weighted by Crippen LogP contribution is -2.20. The van der Waals surface area contributed by atoms with Crippen LogP contribution < -0.4 is 10.1 Å². The Hall–Kier alpha value is -3.52. The Morgan fingerprint density at radius 3 is 2.74 bits per heavy atom. The second-order valence-electron chi connectivity index (χ2n) is 5.71. The molecule has 0 saturated heterocycles. The quantitative estimate of drug-likeness (QED) is 0.410. The number of hydrogen-bond donors (Lipinski definition) is 1. The van der Waals surface area contributed by atoms with Gasteiger partial charge in [-0.1, -0.05) is 53.8 Å². The van der Waals surface area contributed by atoms with E-state index in [4.69, 9.17) is 4.74 Å². The number of ether oxygens (including phenoxy) is 1. The largest absolute Gasteiger partial charge is 0.477 e. The summed E-state index contributed by atoms with van der Waals surface area (Å²) in [5, 5.41) is 16.2. The van der Waals surface area contributed by atoms with Gasteiger partial charge in [-0.3, -0.25) is 20.2 Å². The fourth-order valence-electron chi connectivity index (χ4n) is 2.74. The van der Waals surface area contributed by atoms with E-state index in [2.05, 4.69) is 10.3 Å². The second kappa shape index (κ2) is 7.00. The van der Waals surface area contributed by atoms with Crippen molar-refractivity contribution in [2.24, 2.45) is 0 Å². The first-order valence-corrected chi connectivity index (χ1v) is 8.88. The van der Waals surface area contributed by atoms with Gasteiger partial charge in [-0.25, -0.2) is 4.98 Å². The summed E-state index contributed by atoms with van der Waals surface area (Å²) in [6, 6.07) is 17.8. The van der Waals surface area contributed by atoms with Crippen molar-refractivity contribution in [2.45, 2.75) is 0 Å². The maximum absolute atomic E-state index is 12.2. The number of thiazole rings is 1. The van der Waals surface area contributed by atoms with E-state index in [1.807, 2.05) is 36.4 Å². The molecule has 7 nitrogen and oxygen atoms in total. The third kappa shape index (κ3) is 3.42. The van der Waals surface area contributed by atoms with Crippen LogP contribution in [-0.4, -0.2) is 22.4 Å². The molecule has 3 aromatic carbocycles. The monoisotopic (exact) mass is 379 g/mol. The normalized spacial score (nSPS) is 10.8. The molecule has 0 aliphatic heterocycles. The zero-order valence-corrected chi connectivity index (χ0v) is 14.7. The van der Waals surface area contributed by atoms with Crippen molar-refractivity contribution in [1.82, 2.24) is 4.98 Å². The van der Waals surface area contributed by atoms with Crippen LogP contribution in [0.4, 0.5) is 10.8 Å². The van der Waals surface area contributed by atoms with Gasteiger partial charge in [-0.2, -0.15) is 0 Å². The van der Waals surface area contributed by atoms with Crippen LogP contribution in [-0.2, 0) is 4.79 Å². The molecule has 0 spiro atoms. The van der Waals surface area contributed by atoms with Crippen molar-refractivity contribution >= 4 is 49.1 Å². The highest BCUT2D eigenvalue weighted by Gasteiger charge is 2.16. The highest BCUT2D eigenvalue weighted by molar-refractivity contribution is 7.22. The number of hydrogen-bond acceptors (Lipinski definition) is 6. The summed E-state index contributed by atoms with van der Waals surface area (Å²) in [6.45, 7) is -0.346. The van der Waals surface area contributed by atoms with E-state index in [0.29, 0.717) is 5.13 Å². The Morgan fingerprint density at radius 1 is 1.11 bits per heavy atom. The number of nitrogens with zero attached hydrogens (tertiary/aromatic N) is 2. The van der Waals surface area contributed by atoms with Crippen molar-refractivity contribution < 1.29 is 14.5 Å². The average molecular weight is 379 g/mol. The van der Waals surface area contributed by atoms with Gasteiger partial charge in [0.25, 0.3) is 5.91 Å². The number of carbonyl (C=O) groups excluding carboxylic acids is 1. The second-order valence-corrected chi connectivity index (χ2v) is 6.74. The number of aromatic nitrogens is 1. The summed E-state index contributed by atoms with van der Waals surface area (Å²) in [5.41, 5.74) is 0.643. The molecule has 0 bridgehead atoms. The van der Waals surface area contributed by atoms with Gasteiger partial charge in [0, 0.05) is 11.5 Å². The van der Waals surface area contributed by atoms with E-state index in [-0.39, 0.29) is 18.0 Å². The number of benzene rings is 3. The SMILES string of the molecule is O=C(COc1ccccc1[N+](=O)[O-])Nc1nc2c(ccc3ccccc32)s1. The van der Waals surface area contributed by atoms with Gasteiger partial charge in [-0.05, 0) is 17.5 Å². The van der Waals surface area contributed by atoms with Crippen LogP contribution >= 0.6 is 11.3 Å². The Bertz CT molecular complexity index is 1170. The molecule has 8 heteroatoms. The van der Waals surface area contributed by atoms with Crippen molar-refractivity contribution in [3.63, 3.8) is 0 Å². The first-order valence-electron chi connectivity index (χ1n) is 8.06. The lowest BCUT2D eigenvalue weighted by Gasteiger charge is -2.06. The van der Waals surface area contributed by atoms with E-state index >= 15 is 0 Å². The average Bonchev–Trinajstić information content (AvgIpc) is 3.09. The first-order chi connectivity index (χ1) is 13.1. The Kier molecular flexibility index (Phi) is 4.39. The maximum Gasteiger partial charge on any atom is 0.310 e. The molecule has 0 saturated carbocycles. The molecule has 0 unspecified atom stereocenters. The minimum atomic E-state index is -0.550. The Morgan fingerprint density at radius 2 is 1.89 bits per heavy atom. The lowest BCUT2D eigenvalue weighted by atomic mass is 10.1. The standard InChI is InChI=1S/C19H13N3O4S/c23-17(11-26-15-8-4-3-7-14(15)22(24)25)20-19-21-18-13-6-2-1-5-12(13)9-10-16(18)27-19/h1-10H,11H2,(H,20,21,23). The van der Waals surface area contributed by atoms with E-state index in [9.17, 15) is 14.9 Å². The molecule has 0 aliphatic carbocycles. The smallest absolute Gasteiger partial charge is 0.310 e. The number of carbonyl (C=O) groups is 1. The van der Waals surface area contributed by atoms with Crippen LogP contribution in [0.3, 0.4) is 0 Å². The summed E-state index contributed by atoms with van der Waals surface area (Å²) in [6.07, 6.45) is 0. The molecule has 0 fully saturated rings. The highest BCUT2D eigenvalue weighted by atomic mass is 32.1. The van der Waals surface area contributed by atoms with Crippen LogP contribution in [0.1, 0.15) is 0 Å². The van der Waals surface area contributed by atoms with Crippen LogP contribution in [0.5, 0.6) is 5.75 Å². The first kappa shape index (κ1) is 16.9. The summed E-state index contributed by atoms with van der Waals surface area (Å²) in [4.78, 5) is 27.1. The van der Waals surface area contributed by atoms with Gasteiger partial charge in [-0.15, -0.1) is 0 Å². The molecule has 0 atom stereocenters. The zero-order chi connectivity index (χ0) is 18.8. The minimum Gasteiger partial charge on any atom is -0.477 e. The Balaban J connectivity index is 1.50. The summed E-state index contributed by atoms with van der Waals surface area (Å²) in [7, 11) is 0. The van der Waals surface area contributed by atoms with Crippen molar-refractivity contribution in [3.8, 4) is 5.75 Å². The molecular formula is C19H13N3O4S. The van der Waals surface area contributed by atoms with E-state index < -0.39 is 10.8 Å². The third-order valence-corrected chi connectivity index (χ3v) is 4.89. The van der Waals surface area contributed by atoms with Crippen molar-refractivity contribution in [3.05, 3.63) is 70.8 Å². The molecule has 0 radical (unpaired) electrons. The van der Waals surface area contributed by atoms with Crippen LogP contribution in [0.2, 0.25) is 0 Å². The van der Waals surface area contributed by atoms with Gasteiger partial charge in [0.05, 0.1) is 15.1 Å². The van der Waals surface area contributed by atoms with E-state index in [0.717, 1.165) is 21.0 Å². The molecule has 134 valence electrons. The van der Waals surface area contributed by atoms with Crippen LogP contribution in [0, 0.1) is 10.1 Å². The number of nitro groups is 1. The van der Waals surface area contributed by atoms with Crippen LogP contribution in [0.25, 0.3) is 21.0 Å². The molecule has 1 amide bonds. The maximum atomic E-state index is 12.2. The van der Waals surface area contributed by atoms with E-state index in [1.54, 1.807) is 6.07 Å². The lowest BCUT2D eigenvalue weighted by molar-refractivity contribution is -0.385. The molecular weight excluding hydrogens is 366 g/mol. The number of rotatable bonds is 5. The molecule has 27 heavy (non-hydrogen) atoms. The topological polar surface area (TPSA) is 94.4 Å². The number of nitrogens with one attached hydrogen (secondary N) is 1. The number of nitro benzene ring substituents is 1. The Labute approximate surface area is 157 Å². The molecule has 4 aromatic rings. The molecule has 1 aromatic heterocycles. The molecule has 0 aliphatic rings. The number of para-hydroxylation sites is 2. The number of fused-ring (bicyclic) bond motifs is 3. The fourth-order valence-corrected chi connectivity index (χ4v) is 3.64. The fraction of sp³-hybridized carbons (Fsp3) is 0.0526. The number of anilines is 1. The van der Waals surface area contributed by atoms with Gasteiger partial charge in [0.15, 0.2) is 17.5 Å². The predicted molar refractivity (Wildman–Crippen MR) is 104 cm³/mol. The third-order valence-electron chi connectivity index (χ3n) is 3.95. The van der Waals surface area contributed by atoms with Gasteiger partial charge < -0.3 is 4.74 Å². The van der Waals surface area contributed by atoms with Gasteiger partial charge in [0.1, 0.15) is 0 Å². The molecule has 1 heterocycles. The highest BCUT2D eigenvalue weighted by Crippen LogP contribution is 2.31. The van der Waals surface area contributed by atoms with E-state index in [1.165, 1.54) is 29.5 Å². The number of amides is 1. The summed E-state index contributed by atoms with van der Waals surface area (Å²) >= 11 is 1.36. The molecule has 1 N–H and O–H groups in total. The van der Waals surface area contributed by atoms with Gasteiger partial charge in [0.2, 0.25) is 0 Å². The van der Waals surface area contributed by atoms with Crippen molar-refractivity contribution in [1.29, 1.82) is 0 Å².